The van der Waals surface area contributed by atoms with Crippen LogP contribution in [-0.4, -0.2) is 47.4 Å². The molecule has 2 unspecified atom stereocenters. The number of carbonyl (C=O) groups is 2. The first-order valence-corrected chi connectivity index (χ1v) is 40.9. The Morgan fingerprint density at radius 3 is 0.807 bits per heavy atom. The Labute approximate surface area is 552 Å². The van der Waals surface area contributed by atoms with E-state index in [1.165, 1.54) is 405 Å². The van der Waals surface area contributed by atoms with Gasteiger partial charge in [-0.15, -0.1) is 0 Å². The first-order valence-electron chi connectivity index (χ1n) is 40.9. The summed E-state index contributed by atoms with van der Waals surface area (Å²) in [7, 11) is 0. The molecule has 524 valence electrons. The van der Waals surface area contributed by atoms with Crippen LogP contribution in [0.15, 0.2) is 12.2 Å². The molecule has 0 aliphatic carbocycles. The van der Waals surface area contributed by atoms with Crippen LogP contribution in [0.3, 0.4) is 0 Å². The van der Waals surface area contributed by atoms with Crippen molar-refractivity contribution in [3.8, 4) is 0 Å². The lowest BCUT2D eigenvalue weighted by Crippen LogP contribution is -2.45. The molecule has 6 heteroatoms. The highest BCUT2D eigenvalue weighted by atomic mass is 16.5. The maximum Gasteiger partial charge on any atom is 0.305 e. The SMILES string of the molecule is CCCCCCCCCCCCCCCCCCCCCCCC(O)C(CO)NC(=O)CCCCCCCCCCCCCCCCCCC/C=C\CCCCCCCCCCCCCCCCOC(=O)CCCCCCCCCCCCCCCCC. The first kappa shape index (κ1) is 86.6. The summed E-state index contributed by atoms with van der Waals surface area (Å²) in [6.45, 7) is 5.02. The summed E-state index contributed by atoms with van der Waals surface area (Å²) in [4.78, 5) is 24.7. The van der Waals surface area contributed by atoms with Crippen LogP contribution in [0, 0.1) is 0 Å². The molecule has 2 atom stereocenters. The zero-order chi connectivity index (χ0) is 63.5. The minimum absolute atomic E-state index is 0.0244. The zero-order valence-electron chi connectivity index (χ0n) is 60.3. The van der Waals surface area contributed by atoms with Crippen molar-refractivity contribution in [2.45, 2.75) is 488 Å². The average molecular weight is 1240 g/mol. The van der Waals surface area contributed by atoms with Crippen LogP contribution in [0.2, 0.25) is 0 Å². The van der Waals surface area contributed by atoms with Gasteiger partial charge in [0.15, 0.2) is 0 Å². The maximum absolute atomic E-state index is 12.6. The lowest BCUT2D eigenvalue weighted by molar-refractivity contribution is -0.143. The molecule has 88 heavy (non-hydrogen) atoms. The van der Waals surface area contributed by atoms with E-state index >= 15 is 0 Å². The van der Waals surface area contributed by atoms with Gasteiger partial charge in [-0.2, -0.15) is 0 Å². The number of unbranched alkanes of at least 4 members (excludes halogenated alkanes) is 65. The van der Waals surface area contributed by atoms with E-state index in [1.807, 2.05) is 0 Å². The normalized spacial score (nSPS) is 12.5. The molecule has 0 aromatic carbocycles. The highest BCUT2D eigenvalue weighted by molar-refractivity contribution is 5.76. The number of ether oxygens (including phenoxy) is 1. The molecule has 0 aromatic heterocycles. The number of esters is 1. The molecule has 0 aliphatic rings. The van der Waals surface area contributed by atoms with Gasteiger partial charge in [-0.3, -0.25) is 9.59 Å². The van der Waals surface area contributed by atoms with Gasteiger partial charge >= 0.3 is 5.97 Å². The van der Waals surface area contributed by atoms with Crippen molar-refractivity contribution < 1.29 is 24.5 Å². The van der Waals surface area contributed by atoms with Crippen molar-refractivity contribution in [3.05, 3.63) is 12.2 Å². The number of hydrogen-bond donors (Lipinski definition) is 3. The molecule has 0 bridgehead atoms. The Kier molecular flexibility index (Phi) is 76.8. The topological polar surface area (TPSA) is 95.9 Å². The average Bonchev–Trinajstić information content (AvgIpc) is 3.57. The largest absolute Gasteiger partial charge is 0.466 e. The molecule has 3 N–H and O–H groups in total. The van der Waals surface area contributed by atoms with Gasteiger partial charge in [0.1, 0.15) is 0 Å². The molecule has 1 amide bonds. The Bertz CT molecular complexity index is 1340. The molecule has 0 aromatic rings. The number of nitrogens with one attached hydrogen (secondary N) is 1. The van der Waals surface area contributed by atoms with Crippen LogP contribution in [0.4, 0.5) is 0 Å². The van der Waals surface area contributed by atoms with Crippen LogP contribution >= 0.6 is 0 Å². The number of rotatable bonds is 78. The lowest BCUT2D eigenvalue weighted by Gasteiger charge is -2.22. The number of amides is 1. The molecule has 0 fully saturated rings. The Balaban J connectivity index is 3.33. The highest BCUT2D eigenvalue weighted by Gasteiger charge is 2.20. The number of carbonyl (C=O) groups excluding carboxylic acids is 2. The summed E-state index contributed by atoms with van der Waals surface area (Å²) >= 11 is 0. The molecule has 0 heterocycles. The predicted octanol–water partition coefficient (Wildman–Crippen LogP) is 27.1. The van der Waals surface area contributed by atoms with E-state index in [1.54, 1.807) is 0 Å². The summed E-state index contributed by atoms with van der Waals surface area (Å²) in [5, 5.41) is 23.5. The van der Waals surface area contributed by atoms with Gasteiger partial charge in [0, 0.05) is 12.8 Å². The first-order chi connectivity index (χ1) is 43.5. The molecule has 6 nitrogen and oxygen atoms in total. The Morgan fingerprint density at radius 2 is 0.534 bits per heavy atom. The van der Waals surface area contributed by atoms with Gasteiger partial charge in [0.05, 0.1) is 25.4 Å². The standard InChI is InChI=1S/C82H161NO5/c1-3-5-7-9-11-13-15-17-19-20-21-37-40-43-47-50-54-58-62-66-70-74-80(85)79(78-84)83-81(86)75-71-67-63-59-55-51-48-44-41-38-35-33-31-29-27-25-23-22-24-26-28-30-32-34-36-39-42-45-49-53-57-61-65-69-73-77-88-82(87)76-72-68-64-60-56-52-46-18-16-14-12-10-8-6-4-2/h24,26,79-80,84-85H,3-23,25,27-78H2,1-2H3,(H,83,86)/b26-24-. The molecule has 0 spiro atoms. The second kappa shape index (κ2) is 78.0. The smallest absolute Gasteiger partial charge is 0.305 e. The maximum atomic E-state index is 12.6. The summed E-state index contributed by atoms with van der Waals surface area (Å²) in [5.74, 6) is -0.00113. The van der Waals surface area contributed by atoms with E-state index in [2.05, 4.69) is 31.3 Å². The van der Waals surface area contributed by atoms with E-state index in [4.69, 9.17) is 4.74 Å². The monoisotopic (exact) mass is 1240 g/mol. The summed E-state index contributed by atoms with van der Waals surface area (Å²) in [5.41, 5.74) is 0. The van der Waals surface area contributed by atoms with Gasteiger partial charge in [0.2, 0.25) is 5.91 Å². The summed E-state index contributed by atoms with van der Waals surface area (Å²) < 4.78 is 5.51. The van der Waals surface area contributed by atoms with Crippen molar-refractivity contribution in [1.29, 1.82) is 0 Å². The van der Waals surface area contributed by atoms with E-state index in [0.29, 0.717) is 25.9 Å². The van der Waals surface area contributed by atoms with Gasteiger partial charge in [0.25, 0.3) is 0 Å². The summed E-state index contributed by atoms with van der Waals surface area (Å²) in [6.07, 6.45) is 98.9. The quantitative estimate of drug-likeness (QED) is 0.0320. The second-order valence-corrected chi connectivity index (χ2v) is 28.5. The van der Waals surface area contributed by atoms with Crippen LogP contribution in [0.1, 0.15) is 476 Å². The van der Waals surface area contributed by atoms with Crippen LogP contribution < -0.4 is 5.32 Å². The molecule has 0 aliphatic heterocycles. The lowest BCUT2D eigenvalue weighted by atomic mass is 10.0. The van der Waals surface area contributed by atoms with E-state index in [-0.39, 0.29) is 18.5 Å². The van der Waals surface area contributed by atoms with E-state index in [0.717, 1.165) is 38.5 Å². The Morgan fingerprint density at radius 1 is 0.307 bits per heavy atom. The van der Waals surface area contributed by atoms with Gasteiger partial charge in [-0.1, -0.05) is 424 Å². The number of hydrogen-bond acceptors (Lipinski definition) is 5. The molecular formula is C82H161NO5. The zero-order valence-corrected chi connectivity index (χ0v) is 60.3. The van der Waals surface area contributed by atoms with Crippen molar-refractivity contribution in [2.75, 3.05) is 13.2 Å². The molecule has 0 rings (SSSR count). The third-order valence-corrected chi connectivity index (χ3v) is 19.6. The third-order valence-electron chi connectivity index (χ3n) is 19.6. The molecular weight excluding hydrogens is 1080 g/mol. The number of aliphatic hydroxyl groups is 2. The van der Waals surface area contributed by atoms with Gasteiger partial charge < -0.3 is 20.3 Å². The van der Waals surface area contributed by atoms with E-state index < -0.39 is 12.1 Å². The number of aliphatic hydroxyl groups excluding tert-OH is 2. The second-order valence-electron chi connectivity index (χ2n) is 28.5. The van der Waals surface area contributed by atoms with Crippen molar-refractivity contribution >= 4 is 11.9 Å². The van der Waals surface area contributed by atoms with Crippen molar-refractivity contribution in [1.82, 2.24) is 5.32 Å². The molecule has 0 saturated heterocycles. The van der Waals surface area contributed by atoms with Crippen LogP contribution in [0.5, 0.6) is 0 Å². The van der Waals surface area contributed by atoms with E-state index in [9.17, 15) is 19.8 Å². The highest BCUT2D eigenvalue weighted by Crippen LogP contribution is 2.21. The Hall–Kier alpha value is -1.40. The van der Waals surface area contributed by atoms with Crippen LogP contribution in [-0.2, 0) is 14.3 Å². The molecule has 0 radical (unpaired) electrons. The van der Waals surface area contributed by atoms with Gasteiger partial charge in [-0.25, -0.2) is 0 Å². The predicted molar refractivity (Wildman–Crippen MR) is 389 cm³/mol. The van der Waals surface area contributed by atoms with Gasteiger partial charge in [-0.05, 0) is 51.4 Å². The third kappa shape index (κ3) is 73.6. The minimum Gasteiger partial charge on any atom is -0.466 e. The van der Waals surface area contributed by atoms with Crippen molar-refractivity contribution in [3.63, 3.8) is 0 Å². The van der Waals surface area contributed by atoms with Crippen molar-refractivity contribution in [2.24, 2.45) is 0 Å². The summed E-state index contributed by atoms with van der Waals surface area (Å²) in [6, 6.07) is -0.539. The van der Waals surface area contributed by atoms with Crippen LogP contribution in [0.25, 0.3) is 0 Å². The minimum atomic E-state index is -0.662. The fourth-order valence-electron chi connectivity index (χ4n) is 13.3. The fraction of sp³-hybridized carbons (Fsp3) is 0.951. The molecule has 0 saturated carbocycles. The number of allylic oxidation sites excluding steroid dienone is 2. The fourth-order valence-corrected chi connectivity index (χ4v) is 13.3.